The van der Waals surface area contributed by atoms with Crippen molar-refractivity contribution in [2.75, 3.05) is 25.5 Å². The summed E-state index contributed by atoms with van der Waals surface area (Å²) in [4.78, 5) is 22.0. The van der Waals surface area contributed by atoms with E-state index in [0.717, 1.165) is 23.4 Å². The Labute approximate surface area is 193 Å². The third-order valence-electron chi connectivity index (χ3n) is 4.95. The molecule has 1 aliphatic heterocycles. The van der Waals surface area contributed by atoms with Crippen LogP contribution in [-0.4, -0.2) is 42.7 Å². The number of benzene rings is 2. The van der Waals surface area contributed by atoms with Gasteiger partial charge in [0.05, 0.1) is 21.7 Å². The lowest BCUT2D eigenvalue weighted by molar-refractivity contribution is -0.122. The van der Waals surface area contributed by atoms with Crippen LogP contribution < -0.4 is 9.64 Å². The van der Waals surface area contributed by atoms with Gasteiger partial charge in [-0.25, -0.2) is 4.99 Å². The fraction of sp³-hybridized carbons (Fsp3) is 0.333. The lowest BCUT2D eigenvalue weighted by Gasteiger charge is -2.14. The van der Waals surface area contributed by atoms with Gasteiger partial charge in [-0.15, -0.1) is 0 Å². The van der Waals surface area contributed by atoms with Gasteiger partial charge in [0.15, 0.2) is 5.17 Å². The highest BCUT2D eigenvalue weighted by molar-refractivity contribution is 8.18. The molecule has 0 aliphatic carbocycles. The highest BCUT2D eigenvalue weighted by Crippen LogP contribution is 2.35. The Hall–Kier alpha value is -2.44. The molecular weight excluding hydrogens is 430 g/mol. The van der Waals surface area contributed by atoms with Gasteiger partial charge < -0.3 is 9.64 Å². The minimum Gasteiger partial charge on any atom is -0.489 e. The number of rotatable bonds is 7. The van der Waals surface area contributed by atoms with Crippen LogP contribution >= 0.6 is 23.4 Å². The molecule has 0 saturated carbocycles. The summed E-state index contributed by atoms with van der Waals surface area (Å²) in [5, 5.41) is 1.21. The summed E-state index contributed by atoms with van der Waals surface area (Å²) in [6.45, 7) is 6.58. The SMILES string of the molecule is CC[C@@H](C)Oc1ccc(/C=C2\SC(=Nc3ccc(N(C)C)cc3)N(CC)C2=O)cc1Cl. The van der Waals surface area contributed by atoms with E-state index < -0.39 is 0 Å². The number of aliphatic imine (C=N–C) groups is 1. The predicted octanol–water partition coefficient (Wildman–Crippen LogP) is 6.21. The van der Waals surface area contributed by atoms with Crippen molar-refractivity contribution in [1.82, 2.24) is 4.90 Å². The fourth-order valence-electron chi connectivity index (χ4n) is 2.96. The molecule has 0 radical (unpaired) electrons. The van der Waals surface area contributed by atoms with Gasteiger partial charge in [-0.2, -0.15) is 0 Å². The average molecular weight is 458 g/mol. The van der Waals surface area contributed by atoms with Gasteiger partial charge in [-0.1, -0.05) is 24.6 Å². The molecule has 5 nitrogen and oxygen atoms in total. The summed E-state index contributed by atoms with van der Waals surface area (Å²) in [5.74, 6) is 0.606. The van der Waals surface area contributed by atoms with E-state index in [0.29, 0.717) is 27.4 Å². The van der Waals surface area contributed by atoms with Crippen LogP contribution in [0.3, 0.4) is 0 Å². The monoisotopic (exact) mass is 457 g/mol. The maximum absolute atomic E-state index is 12.9. The summed E-state index contributed by atoms with van der Waals surface area (Å²) < 4.78 is 5.83. The van der Waals surface area contributed by atoms with Crippen molar-refractivity contribution in [2.45, 2.75) is 33.3 Å². The Morgan fingerprint density at radius 2 is 1.90 bits per heavy atom. The summed E-state index contributed by atoms with van der Waals surface area (Å²) in [6, 6.07) is 13.5. The van der Waals surface area contributed by atoms with E-state index >= 15 is 0 Å². The zero-order chi connectivity index (χ0) is 22.5. The van der Waals surface area contributed by atoms with Crippen molar-refractivity contribution < 1.29 is 9.53 Å². The topological polar surface area (TPSA) is 45.1 Å². The third-order valence-corrected chi connectivity index (χ3v) is 6.25. The highest BCUT2D eigenvalue weighted by Gasteiger charge is 2.32. The molecule has 3 rings (SSSR count). The summed E-state index contributed by atoms with van der Waals surface area (Å²) in [5.41, 5.74) is 2.77. The van der Waals surface area contributed by atoms with E-state index in [4.69, 9.17) is 21.3 Å². The molecule has 0 N–H and O–H groups in total. The molecule has 7 heteroatoms. The number of carbonyl (C=O) groups is 1. The maximum Gasteiger partial charge on any atom is 0.266 e. The lowest BCUT2D eigenvalue weighted by atomic mass is 10.2. The van der Waals surface area contributed by atoms with Crippen LogP contribution in [0.15, 0.2) is 52.4 Å². The number of hydrogen-bond acceptors (Lipinski definition) is 5. The number of amides is 1. The van der Waals surface area contributed by atoms with Gasteiger partial charge in [-0.05, 0) is 80.1 Å². The van der Waals surface area contributed by atoms with Crippen molar-refractivity contribution in [3.8, 4) is 5.75 Å². The summed E-state index contributed by atoms with van der Waals surface area (Å²) in [6.07, 6.45) is 2.85. The zero-order valence-corrected chi connectivity index (χ0v) is 20.1. The van der Waals surface area contributed by atoms with Crippen LogP contribution in [0.5, 0.6) is 5.75 Å². The van der Waals surface area contributed by atoms with Crippen LogP contribution in [0.1, 0.15) is 32.8 Å². The molecule has 0 unspecified atom stereocenters. The Morgan fingerprint density at radius 1 is 1.19 bits per heavy atom. The first-order valence-corrected chi connectivity index (χ1v) is 11.6. The largest absolute Gasteiger partial charge is 0.489 e. The molecule has 1 saturated heterocycles. The third kappa shape index (κ3) is 5.63. The minimum absolute atomic E-state index is 0.0489. The Balaban J connectivity index is 1.83. The number of hydrogen-bond donors (Lipinski definition) is 0. The number of halogens is 1. The fourth-order valence-corrected chi connectivity index (χ4v) is 4.26. The Kier molecular flexibility index (Phi) is 7.68. The van der Waals surface area contributed by atoms with Gasteiger partial charge in [0.1, 0.15) is 5.75 Å². The summed E-state index contributed by atoms with van der Waals surface area (Å²) in [7, 11) is 4.00. The normalized spacial score (nSPS) is 17.5. The first-order chi connectivity index (χ1) is 14.8. The second-order valence-corrected chi connectivity index (χ2v) is 8.91. The van der Waals surface area contributed by atoms with Crippen LogP contribution in [0, 0.1) is 0 Å². The molecule has 0 bridgehead atoms. The minimum atomic E-state index is -0.0489. The van der Waals surface area contributed by atoms with Crippen LogP contribution in [0.2, 0.25) is 5.02 Å². The number of ether oxygens (including phenoxy) is 1. The van der Waals surface area contributed by atoms with Crippen molar-refractivity contribution >= 4 is 51.9 Å². The van der Waals surface area contributed by atoms with Crippen molar-refractivity contribution in [3.05, 3.63) is 58.0 Å². The number of amidine groups is 1. The van der Waals surface area contributed by atoms with E-state index in [2.05, 4.69) is 6.92 Å². The second-order valence-electron chi connectivity index (χ2n) is 7.49. The lowest BCUT2D eigenvalue weighted by Crippen LogP contribution is -2.28. The van der Waals surface area contributed by atoms with Gasteiger partial charge in [0.25, 0.3) is 5.91 Å². The average Bonchev–Trinajstić information content (AvgIpc) is 3.04. The van der Waals surface area contributed by atoms with E-state index in [1.807, 2.05) is 81.4 Å². The maximum atomic E-state index is 12.9. The van der Waals surface area contributed by atoms with Crippen molar-refractivity contribution in [1.29, 1.82) is 0 Å². The molecule has 31 heavy (non-hydrogen) atoms. The molecule has 1 atom stereocenters. The van der Waals surface area contributed by atoms with Gasteiger partial charge in [-0.3, -0.25) is 9.69 Å². The highest BCUT2D eigenvalue weighted by atomic mass is 35.5. The number of carbonyl (C=O) groups excluding carboxylic acids is 1. The number of anilines is 1. The quantitative estimate of drug-likeness (QED) is 0.464. The van der Waals surface area contributed by atoms with E-state index in [1.165, 1.54) is 11.8 Å². The number of nitrogens with zero attached hydrogens (tertiary/aromatic N) is 3. The molecule has 164 valence electrons. The van der Waals surface area contributed by atoms with Gasteiger partial charge >= 0.3 is 0 Å². The van der Waals surface area contributed by atoms with Gasteiger partial charge in [0, 0.05) is 26.3 Å². The molecule has 1 fully saturated rings. The molecule has 0 spiro atoms. The molecule has 1 heterocycles. The second kappa shape index (κ2) is 10.2. The van der Waals surface area contributed by atoms with E-state index in [9.17, 15) is 4.79 Å². The summed E-state index contributed by atoms with van der Waals surface area (Å²) >= 11 is 7.77. The number of likely N-dealkylation sites (N-methyl/N-ethyl adjacent to an activating group) is 1. The van der Waals surface area contributed by atoms with E-state index in [-0.39, 0.29) is 12.0 Å². The molecular formula is C24H28ClN3O2S. The zero-order valence-electron chi connectivity index (χ0n) is 18.6. The first kappa shape index (κ1) is 23.2. The standard InChI is InChI=1S/C24H28ClN3O2S/c1-6-16(3)30-21-13-8-17(14-20(21)25)15-22-23(29)28(7-2)24(31-22)26-18-9-11-19(12-10-18)27(4)5/h8-16H,6-7H2,1-5H3/b22-15-,26-24?/t16-/m1/s1. The number of thioether (sulfide) groups is 1. The smallest absolute Gasteiger partial charge is 0.266 e. The molecule has 1 aliphatic rings. The van der Waals surface area contributed by atoms with Crippen molar-refractivity contribution in [2.24, 2.45) is 4.99 Å². The first-order valence-electron chi connectivity index (χ1n) is 10.4. The molecule has 0 aromatic heterocycles. The Bertz CT molecular complexity index is 1000. The van der Waals surface area contributed by atoms with Crippen LogP contribution in [0.4, 0.5) is 11.4 Å². The molecule has 2 aromatic rings. The predicted molar refractivity (Wildman–Crippen MR) is 133 cm³/mol. The van der Waals surface area contributed by atoms with Crippen LogP contribution in [0.25, 0.3) is 6.08 Å². The van der Waals surface area contributed by atoms with Crippen molar-refractivity contribution in [3.63, 3.8) is 0 Å². The van der Waals surface area contributed by atoms with Crippen LogP contribution in [-0.2, 0) is 4.79 Å². The van der Waals surface area contributed by atoms with E-state index in [1.54, 1.807) is 4.90 Å². The molecule has 2 aromatic carbocycles. The van der Waals surface area contributed by atoms with Gasteiger partial charge in [0.2, 0.25) is 0 Å². The Morgan fingerprint density at radius 3 is 2.48 bits per heavy atom. The molecule has 1 amide bonds.